The van der Waals surface area contributed by atoms with E-state index in [-0.39, 0.29) is 17.3 Å². The van der Waals surface area contributed by atoms with Gasteiger partial charge in [0.15, 0.2) is 24.0 Å². The number of benzene rings is 1. The second-order valence-electron chi connectivity index (χ2n) is 3.74. The number of carbonyl (C=O) groups is 2. The Morgan fingerprint density at radius 3 is 2.80 bits per heavy atom. The van der Waals surface area contributed by atoms with E-state index in [2.05, 4.69) is 15.5 Å². The zero-order valence-electron chi connectivity index (χ0n) is 10.1. The van der Waals surface area contributed by atoms with Crippen LogP contribution in [0.4, 0.5) is 10.2 Å². The van der Waals surface area contributed by atoms with Crippen molar-refractivity contribution in [3.63, 3.8) is 0 Å². The summed E-state index contributed by atoms with van der Waals surface area (Å²) in [7, 11) is 0. The molecule has 3 N–H and O–H groups in total. The molecule has 104 valence electrons. The lowest BCUT2D eigenvalue weighted by Gasteiger charge is -2.06. The first kappa shape index (κ1) is 13.5. The van der Waals surface area contributed by atoms with E-state index in [1.165, 1.54) is 18.2 Å². The van der Waals surface area contributed by atoms with Crippen LogP contribution in [-0.4, -0.2) is 33.8 Å². The quantitative estimate of drug-likeness (QED) is 0.764. The molecule has 0 radical (unpaired) electrons. The fraction of sp³-hybridized carbons (Fsp3) is 0.0833. The zero-order valence-corrected chi connectivity index (χ0v) is 10.1. The second-order valence-corrected chi connectivity index (χ2v) is 3.74. The molecule has 0 atom stereocenters. The maximum absolute atomic E-state index is 13.2. The number of ether oxygens (including phenoxy) is 1. The maximum Gasteiger partial charge on any atom is 0.353 e. The van der Waals surface area contributed by atoms with Crippen LogP contribution in [0, 0.1) is 5.82 Å². The Balaban J connectivity index is 1.89. The van der Waals surface area contributed by atoms with Crippen molar-refractivity contribution in [3.8, 4) is 5.75 Å². The van der Waals surface area contributed by atoms with Gasteiger partial charge in [0, 0.05) is 6.07 Å². The number of halogens is 1. The zero-order chi connectivity index (χ0) is 14.5. The van der Waals surface area contributed by atoms with Crippen molar-refractivity contribution >= 4 is 17.7 Å². The lowest BCUT2D eigenvalue weighted by molar-refractivity contribution is -0.118. The summed E-state index contributed by atoms with van der Waals surface area (Å²) in [4.78, 5) is 22.1. The van der Waals surface area contributed by atoms with Crippen LogP contribution in [0.25, 0.3) is 0 Å². The molecule has 0 unspecified atom stereocenters. The van der Waals surface area contributed by atoms with Crippen LogP contribution in [0.2, 0.25) is 0 Å². The van der Waals surface area contributed by atoms with E-state index in [0.717, 1.165) is 6.07 Å². The van der Waals surface area contributed by atoms with E-state index in [1.54, 1.807) is 6.07 Å². The minimum Gasteiger partial charge on any atom is -0.481 e. The Kier molecular flexibility index (Phi) is 3.94. The first-order chi connectivity index (χ1) is 9.56. The van der Waals surface area contributed by atoms with E-state index in [0.29, 0.717) is 0 Å². The van der Waals surface area contributed by atoms with Crippen LogP contribution in [-0.2, 0) is 4.79 Å². The lowest BCUT2D eigenvalue weighted by Crippen LogP contribution is -2.20. The molecule has 0 saturated heterocycles. The van der Waals surface area contributed by atoms with Gasteiger partial charge in [0.05, 0.1) is 0 Å². The molecule has 7 nitrogen and oxygen atoms in total. The number of aromatic nitrogens is 2. The van der Waals surface area contributed by atoms with E-state index < -0.39 is 24.3 Å². The number of aromatic amines is 1. The summed E-state index contributed by atoms with van der Waals surface area (Å²) in [5.74, 6) is -2.36. The highest BCUT2D eigenvalue weighted by Gasteiger charge is 2.11. The Bertz CT molecular complexity index is 641. The third-order valence-electron chi connectivity index (χ3n) is 2.27. The van der Waals surface area contributed by atoms with Gasteiger partial charge in [-0.3, -0.25) is 9.89 Å². The van der Waals surface area contributed by atoms with Crippen LogP contribution < -0.4 is 10.1 Å². The summed E-state index contributed by atoms with van der Waals surface area (Å²) in [6.07, 6.45) is 0. The predicted octanol–water partition coefficient (Wildman–Crippen LogP) is 1.26. The predicted molar refractivity (Wildman–Crippen MR) is 66.1 cm³/mol. The van der Waals surface area contributed by atoms with Gasteiger partial charge >= 0.3 is 5.97 Å². The normalized spacial score (nSPS) is 10.1. The number of carbonyl (C=O) groups excluding carboxylic acids is 1. The lowest BCUT2D eigenvalue weighted by atomic mass is 10.3. The van der Waals surface area contributed by atoms with Gasteiger partial charge in [-0.25, -0.2) is 9.18 Å². The topological polar surface area (TPSA) is 104 Å². The Hall–Kier alpha value is -2.90. The Morgan fingerprint density at radius 2 is 2.15 bits per heavy atom. The third-order valence-corrected chi connectivity index (χ3v) is 2.27. The summed E-state index contributed by atoms with van der Waals surface area (Å²) in [5, 5.41) is 16.8. The Morgan fingerprint density at radius 1 is 1.40 bits per heavy atom. The van der Waals surface area contributed by atoms with E-state index >= 15 is 0 Å². The van der Waals surface area contributed by atoms with Crippen LogP contribution in [0.5, 0.6) is 5.75 Å². The summed E-state index contributed by atoms with van der Waals surface area (Å²) >= 11 is 0. The van der Waals surface area contributed by atoms with Crippen LogP contribution in [0.3, 0.4) is 0 Å². The van der Waals surface area contributed by atoms with Gasteiger partial charge < -0.3 is 15.2 Å². The van der Waals surface area contributed by atoms with Gasteiger partial charge in [0.2, 0.25) is 0 Å². The number of hydrogen-bond donors (Lipinski definition) is 3. The molecule has 0 fully saturated rings. The molecule has 0 bridgehead atoms. The number of amides is 1. The molecule has 1 amide bonds. The van der Waals surface area contributed by atoms with Crippen LogP contribution in [0.1, 0.15) is 10.5 Å². The Labute approximate surface area is 112 Å². The van der Waals surface area contributed by atoms with E-state index in [1.807, 2.05) is 0 Å². The smallest absolute Gasteiger partial charge is 0.353 e. The summed E-state index contributed by atoms with van der Waals surface area (Å²) in [6.45, 7) is -0.420. The van der Waals surface area contributed by atoms with Gasteiger partial charge in [-0.15, -0.1) is 0 Å². The third kappa shape index (κ3) is 3.31. The molecular formula is C12H10FN3O4. The number of rotatable bonds is 5. The maximum atomic E-state index is 13.2. The summed E-state index contributed by atoms with van der Waals surface area (Å²) in [6, 6.07) is 6.83. The first-order valence-corrected chi connectivity index (χ1v) is 5.52. The van der Waals surface area contributed by atoms with Crippen molar-refractivity contribution in [3.05, 3.63) is 41.8 Å². The average molecular weight is 279 g/mol. The fourth-order valence-corrected chi connectivity index (χ4v) is 1.38. The molecule has 1 heterocycles. The van der Waals surface area contributed by atoms with Crippen molar-refractivity contribution in [1.29, 1.82) is 0 Å². The molecule has 0 aliphatic rings. The summed E-state index contributed by atoms with van der Waals surface area (Å²) < 4.78 is 18.2. The molecule has 20 heavy (non-hydrogen) atoms. The van der Waals surface area contributed by atoms with Gasteiger partial charge in [0.25, 0.3) is 5.91 Å². The van der Waals surface area contributed by atoms with Crippen LogP contribution in [0.15, 0.2) is 30.3 Å². The van der Waals surface area contributed by atoms with E-state index in [9.17, 15) is 14.0 Å². The number of nitrogens with one attached hydrogen (secondary N) is 2. The highest BCUT2D eigenvalue weighted by Crippen LogP contribution is 2.15. The molecule has 0 aliphatic carbocycles. The van der Waals surface area contributed by atoms with Gasteiger partial charge in [0.1, 0.15) is 5.69 Å². The number of para-hydroxylation sites is 1. The molecule has 0 aliphatic heterocycles. The van der Waals surface area contributed by atoms with E-state index in [4.69, 9.17) is 9.84 Å². The number of carboxylic acid groups (broad SMARTS) is 1. The molecule has 8 heteroatoms. The monoisotopic (exact) mass is 279 g/mol. The molecular weight excluding hydrogens is 269 g/mol. The molecule has 2 aromatic rings. The first-order valence-electron chi connectivity index (χ1n) is 5.52. The molecule has 2 rings (SSSR count). The van der Waals surface area contributed by atoms with Crippen molar-refractivity contribution < 1.29 is 23.8 Å². The molecule has 1 aromatic carbocycles. The minimum absolute atomic E-state index is 0.0455. The summed E-state index contributed by atoms with van der Waals surface area (Å²) in [5.41, 5.74) is -0.157. The highest BCUT2D eigenvalue weighted by molar-refractivity contribution is 5.93. The molecule has 1 aromatic heterocycles. The van der Waals surface area contributed by atoms with Gasteiger partial charge in [-0.1, -0.05) is 12.1 Å². The second kappa shape index (κ2) is 5.83. The minimum atomic E-state index is -1.19. The fourth-order valence-electron chi connectivity index (χ4n) is 1.38. The van der Waals surface area contributed by atoms with Crippen molar-refractivity contribution in [2.45, 2.75) is 0 Å². The number of anilines is 1. The van der Waals surface area contributed by atoms with Crippen LogP contribution >= 0.6 is 0 Å². The SMILES string of the molecule is O=C(COc1ccccc1F)Nc1cc(C(=O)O)[nH]n1. The molecule has 0 saturated carbocycles. The highest BCUT2D eigenvalue weighted by atomic mass is 19.1. The average Bonchev–Trinajstić information content (AvgIpc) is 2.86. The largest absolute Gasteiger partial charge is 0.481 e. The number of carboxylic acids is 1. The molecule has 0 spiro atoms. The van der Waals surface area contributed by atoms with Crippen molar-refractivity contribution in [1.82, 2.24) is 10.2 Å². The van der Waals surface area contributed by atoms with Gasteiger partial charge in [-0.2, -0.15) is 5.10 Å². The number of hydrogen-bond acceptors (Lipinski definition) is 4. The number of H-pyrrole nitrogens is 1. The number of aromatic carboxylic acids is 1. The van der Waals surface area contributed by atoms with Crippen molar-refractivity contribution in [2.24, 2.45) is 0 Å². The van der Waals surface area contributed by atoms with Crippen molar-refractivity contribution in [2.75, 3.05) is 11.9 Å². The number of nitrogens with zero attached hydrogens (tertiary/aromatic N) is 1. The van der Waals surface area contributed by atoms with Gasteiger partial charge in [-0.05, 0) is 12.1 Å². The standard InChI is InChI=1S/C12H10FN3O4/c13-7-3-1-2-4-9(7)20-6-11(17)14-10-5-8(12(18)19)15-16-10/h1-5H,6H2,(H,18,19)(H2,14,15,16,17).